The number of fused-ring (bicyclic) bond motifs is 1. The van der Waals surface area contributed by atoms with Crippen LogP contribution in [0.2, 0.25) is 0 Å². The molecular weight excluding hydrogens is 417 g/mol. The maximum absolute atomic E-state index is 14.3. The molecule has 22 heavy (non-hydrogen) atoms. The van der Waals surface area contributed by atoms with Gasteiger partial charge in [0.2, 0.25) is 5.82 Å². The van der Waals surface area contributed by atoms with E-state index in [1.165, 1.54) is 16.5 Å². The molecular formula is C17H17F2IOS. The molecule has 1 aromatic heterocycles. The quantitative estimate of drug-likeness (QED) is 0.330. The molecule has 1 nitrogen and oxygen atoms in total. The molecule has 1 aliphatic rings. The predicted molar refractivity (Wildman–Crippen MR) is 95.3 cm³/mol. The molecule has 0 saturated heterocycles. The van der Waals surface area contributed by atoms with E-state index in [-0.39, 0.29) is 5.75 Å². The van der Waals surface area contributed by atoms with Crippen LogP contribution in [0.3, 0.4) is 0 Å². The van der Waals surface area contributed by atoms with E-state index in [9.17, 15) is 8.78 Å². The number of rotatable bonds is 5. The second kappa shape index (κ2) is 6.83. The monoisotopic (exact) mass is 434 g/mol. The van der Waals surface area contributed by atoms with Crippen LogP contribution in [0.4, 0.5) is 8.78 Å². The lowest BCUT2D eigenvalue weighted by molar-refractivity contribution is 0.289. The zero-order valence-electron chi connectivity index (χ0n) is 12.3. The first kappa shape index (κ1) is 16.2. The number of halogens is 3. The highest BCUT2D eigenvalue weighted by Crippen LogP contribution is 2.40. The summed E-state index contributed by atoms with van der Waals surface area (Å²) in [6, 6.07) is 5.17. The van der Waals surface area contributed by atoms with E-state index in [0.29, 0.717) is 16.1 Å². The molecule has 3 rings (SSSR count). The van der Waals surface area contributed by atoms with Crippen molar-refractivity contribution in [2.75, 3.05) is 6.61 Å². The SMILES string of the molecule is CCCCOc1ccc(-c2cc3c(s2)CC(I)C3)c(F)c1F. The lowest BCUT2D eigenvalue weighted by atomic mass is 10.1. The van der Waals surface area contributed by atoms with Crippen molar-refractivity contribution >= 4 is 33.9 Å². The van der Waals surface area contributed by atoms with Gasteiger partial charge >= 0.3 is 0 Å². The van der Waals surface area contributed by atoms with Gasteiger partial charge in [-0.15, -0.1) is 11.3 Å². The van der Waals surface area contributed by atoms with Gasteiger partial charge in [0.15, 0.2) is 11.6 Å². The minimum absolute atomic E-state index is 0.00567. The molecule has 0 radical (unpaired) electrons. The molecule has 1 atom stereocenters. The van der Waals surface area contributed by atoms with Crippen LogP contribution in [0.1, 0.15) is 30.2 Å². The minimum Gasteiger partial charge on any atom is -0.490 e. The molecule has 118 valence electrons. The summed E-state index contributed by atoms with van der Waals surface area (Å²) in [5.41, 5.74) is 1.62. The average molecular weight is 434 g/mol. The van der Waals surface area contributed by atoms with Gasteiger partial charge < -0.3 is 4.74 Å². The predicted octanol–water partition coefficient (Wildman–Crippen LogP) is 5.77. The van der Waals surface area contributed by atoms with E-state index in [2.05, 4.69) is 22.6 Å². The Morgan fingerprint density at radius 3 is 2.82 bits per heavy atom. The van der Waals surface area contributed by atoms with Crippen LogP contribution in [-0.2, 0) is 12.8 Å². The summed E-state index contributed by atoms with van der Waals surface area (Å²) in [7, 11) is 0. The summed E-state index contributed by atoms with van der Waals surface area (Å²) in [4.78, 5) is 2.11. The molecule has 1 heterocycles. The van der Waals surface area contributed by atoms with E-state index < -0.39 is 11.6 Å². The van der Waals surface area contributed by atoms with Crippen molar-refractivity contribution in [2.24, 2.45) is 0 Å². The smallest absolute Gasteiger partial charge is 0.201 e. The molecule has 1 unspecified atom stereocenters. The number of unbranched alkanes of at least 4 members (excludes halogenated alkanes) is 1. The highest BCUT2D eigenvalue weighted by atomic mass is 127. The highest BCUT2D eigenvalue weighted by Gasteiger charge is 2.24. The minimum atomic E-state index is -0.881. The molecule has 0 amide bonds. The molecule has 0 bridgehead atoms. The second-order valence-electron chi connectivity index (χ2n) is 5.51. The fourth-order valence-corrected chi connectivity index (χ4v) is 5.12. The Kier molecular flexibility index (Phi) is 5.02. The van der Waals surface area contributed by atoms with Crippen molar-refractivity contribution in [3.8, 4) is 16.2 Å². The van der Waals surface area contributed by atoms with Gasteiger partial charge in [-0.3, -0.25) is 0 Å². The molecule has 5 heteroatoms. The van der Waals surface area contributed by atoms with Crippen molar-refractivity contribution in [1.82, 2.24) is 0 Å². The van der Waals surface area contributed by atoms with Crippen molar-refractivity contribution in [2.45, 2.75) is 36.5 Å². The van der Waals surface area contributed by atoms with Gasteiger partial charge in [0.25, 0.3) is 0 Å². The number of hydrogen-bond acceptors (Lipinski definition) is 2. The average Bonchev–Trinajstić information content (AvgIpc) is 3.01. The zero-order chi connectivity index (χ0) is 15.7. The molecule has 0 fully saturated rings. The van der Waals surface area contributed by atoms with Crippen LogP contribution in [0.15, 0.2) is 18.2 Å². The Hall–Kier alpha value is -0.690. The van der Waals surface area contributed by atoms with Crippen molar-refractivity contribution < 1.29 is 13.5 Å². The normalized spacial score (nSPS) is 16.8. The number of ether oxygens (including phenoxy) is 1. The largest absolute Gasteiger partial charge is 0.490 e. The Bertz CT molecular complexity index is 660. The second-order valence-corrected chi connectivity index (χ2v) is 8.40. The van der Waals surface area contributed by atoms with E-state index >= 15 is 0 Å². The summed E-state index contributed by atoms with van der Waals surface area (Å²) in [6.07, 6.45) is 3.84. The van der Waals surface area contributed by atoms with Crippen LogP contribution in [0.5, 0.6) is 5.75 Å². The Labute approximate surface area is 146 Å². The van der Waals surface area contributed by atoms with Crippen LogP contribution in [0, 0.1) is 11.6 Å². The first-order chi connectivity index (χ1) is 10.6. The van der Waals surface area contributed by atoms with Crippen molar-refractivity contribution in [3.63, 3.8) is 0 Å². The third kappa shape index (κ3) is 3.15. The number of alkyl halides is 1. The third-order valence-corrected chi connectivity index (χ3v) is 5.93. The third-order valence-electron chi connectivity index (χ3n) is 3.81. The lowest BCUT2D eigenvalue weighted by Gasteiger charge is -2.09. The lowest BCUT2D eigenvalue weighted by Crippen LogP contribution is -2.01. The summed E-state index contributed by atoms with van der Waals surface area (Å²) in [5, 5.41) is 0. The topological polar surface area (TPSA) is 9.23 Å². The first-order valence-corrected chi connectivity index (χ1v) is 9.53. The van der Waals surface area contributed by atoms with Crippen LogP contribution in [-0.4, -0.2) is 10.5 Å². The number of thiophene rings is 1. The summed E-state index contributed by atoms with van der Waals surface area (Å²) >= 11 is 4.02. The Morgan fingerprint density at radius 2 is 2.09 bits per heavy atom. The summed E-state index contributed by atoms with van der Waals surface area (Å²) in [5.74, 6) is -1.68. The van der Waals surface area contributed by atoms with Gasteiger partial charge in [-0.05, 0) is 43.0 Å². The van der Waals surface area contributed by atoms with E-state index in [4.69, 9.17) is 4.74 Å². The van der Waals surface area contributed by atoms with E-state index in [1.54, 1.807) is 17.4 Å². The fraction of sp³-hybridized carbons (Fsp3) is 0.412. The van der Waals surface area contributed by atoms with E-state index in [1.807, 2.05) is 13.0 Å². The van der Waals surface area contributed by atoms with Crippen molar-refractivity contribution in [3.05, 3.63) is 40.3 Å². The maximum Gasteiger partial charge on any atom is 0.201 e. The van der Waals surface area contributed by atoms with Crippen LogP contribution >= 0.6 is 33.9 Å². The zero-order valence-corrected chi connectivity index (χ0v) is 15.3. The van der Waals surface area contributed by atoms with Crippen LogP contribution < -0.4 is 4.74 Å². The number of benzene rings is 1. The van der Waals surface area contributed by atoms with Gasteiger partial charge in [-0.2, -0.15) is 4.39 Å². The van der Waals surface area contributed by atoms with Crippen molar-refractivity contribution in [1.29, 1.82) is 0 Å². The summed E-state index contributed by atoms with van der Waals surface area (Å²) < 4.78 is 34.4. The molecule has 0 aliphatic heterocycles. The maximum atomic E-state index is 14.3. The molecule has 0 N–H and O–H groups in total. The van der Waals surface area contributed by atoms with Gasteiger partial charge in [-0.1, -0.05) is 35.9 Å². The number of hydrogen-bond donors (Lipinski definition) is 0. The molecule has 2 aromatic rings. The van der Waals surface area contributed by atoms with Crippen LogP contribution in [0.25, 0.3) is 10.4 Å². The fourth-order valence-electron chi connectivity index (χ4n) is 2.62. The Morgan fingerprint density at radius 1 is 1.27 bits per heavy atom. The van der Waals surface area contributed by atoms with Gasteiger partial charge in [0.1, 0.15) is 0 Å². The van der Waals surface area contributed by atoms with Gasteiger partial charge in [-0.25, -0.2) is 4.39 Å². The summed E-state index contributed by atoms with van der Waals surface area (Å²) in [6.45, 7) is 2.44. The molecule has 0 spiro atoms. The Balaban J connectivity index is 1.86. The van der Waals surface area contributed by atoms with E-state index in [0.717, 1.165) is 30.6 Å². The van der Waals surface area contributed by atoms with Gasteiger partial charge in [0.05, 0.1) is 6.61 Å². The highest BCUT2D eigenvalue weighted by molar-refractivity contribution is 14.1. The first-order valence-electron chi connectivity index (χ1n) is 7.47. The molecule has 0 saturated carbocycles. The van der Waals surface area contributed by atoms with Gasteiger partial charge in [0, 0.05) is 19.2 Å². The molecule has 1 aliphatic carbocycles. The standard InChI is InChI=1S/C17H17F2IOS/c1-2-3-6-21-13-5-4-12(16(18)17(13)19)15-8-10-7-11(20)9-14(10)22-15/h4-5,8,11H,2-3,6-7,9H2,1H3. The molecule has 1 aromatic carbocycles.